The Hall–Kier alpha value is -3.88. The van der Waals surface area contributed by atoms with Crippen molar-refractivity contribution < 1.29 is 14.3 Å². The average molecular weight is 378 g/mol. The Morgan fingerprint density at radius 3 is 2.79 bits per heavy atom. The van der Waals surface area contributed by atoms with E-state index >= 15 is 0 Å². The molecule has 0 aliphatic heterocycles. The number of carbonyl (C=O) groups is 1. The first-order valence-electron chi connectivity index (χ1n) is 8.46. The smallest absolute Gasteiger partial charge is 0.262 e. The first kappa shape index (κ1) is 17.5. The van der Waals surface area contributed by atoms with Crippen molar-refractivity contribution in [1.82, 2.24) is 24.1 Å². The Morgan fingerprint density at radius 2 is 2.04 bits per heavy atom. The summed E-state index contributed by atoms with van der Waals surface area (Å²) >= 11 is 0. The van der Waals surface area contributed by atoms with Crippen LogP contribution in [0.4, 0.5) is 5.69 Å². The maximum atomic E-state index is 12.7. The summed E-state index contributed by atoms with van der Waals surface area (Å²) < 4.78 is 13.9. The highest BCUT2D eigenvalue weighted by Crippen LogP contribution is 2.31. The summed E-state index contributed by atoms with van der Waals surface area (Å²) in [4.78, 5) is 21.5. The molecule has 1 amide bonds. The number of ether oxygens (including phenoxy) is 2. The van der Waals surface area contributed by atoms with Gasteiger partial charge in [-0.25, -0.2) is 9.97 Å². The number of hydrogen-bond acceptors (Lipinski definition) is 6. The summed E-state index contributed by atoms with van der Waals surface area (Å²) in [7, 11) is 4.74. The maximum absolute atomic E-state index is 12.7. The Labute approximate surface area is 160 Å². The van der Waals surface area contributed by atoms with Crippen LogP contribution in [0, 0.1) is 0 Å². The first-order valence-corrected chi connectivity index (χ1v) is 8.46. The second kappa shape index (κ2) is 7.03. The Morgan fingerprint density at radius 1 is 1.18 bits per heavy atom. The molecule has 9 heteroatoms. The number of aromatic nitrogens is 5. The van der Waals surface area contributed by atoms with E-state index < -0.39 is 0 Å². The monoisotopic (exact) mass is 378 g/mol. The average Bonchev–Trinajstić information content (AvgIpc) is 3.31. The van der Waals surface area contributed by atoms with E-state index in [1.165, 1.54) is 11.8 Å². The second-order valence-electron chi connectivity index (χ2n) is 6.05. The molecule has 0 atom stereocenters. The number of nitrogens with one attached hydrogen (secondary N) is 1. The molecule has 9 nitrogen and oxygen atoms in total. The van der Waals surface area contributed by atoms with Crippen LogP contribution in [0.1, 0.15) is 10.4 Å². The standard InChI is InChI=1S/C19H18N6O3/c1-24-10-13(18(23-24)28-3)17(26)21-14-9-12(5-6-16(14)27-2)15-11-25-8-4-7-20-19(25)22-15/h4-11H,1-3H3,(H,21,26). The zero-order valence-corrected chi connectivity index (χ0v) is 15.6. The number of fused-ring (bicyclic) bond motifs is 1. The molecule has 0 aliphatic rings. The van der Waals surface area contributed by atoms with Gasteiger partial charge in [0.05, 0.1) is 25.6 Å². The molecule has 0 spiro atoms. The van der Waals surface area contributed by atoms with Crippen molar-refractivity contribution in [2.24, 2.45) is 7.05 Å². The van der Waals surface area contributed by atoms with E-state index in [1.807, 2.05) is 28.9 Å². The van der Waals surface area contributed by atoms with E-state index in [4.69, 9.17) is 9.47 Å². The molecule has 28 heavy (non-hydrogen) atoms. The summed E-state index contributed by atoms with van der Waals surface area (Å²) in [6, 6.07) is 7.30. The summed E-state index contributed by atoms with van der Waals surface area (Å²) in [6.45, 7) is 0. The lowest BCUT2D eigenvalue weighted by Crippen LogP contribution is -2.13. The molecular weight excluding hydrogens is 360 g/mol. The van der Waals surface area contributed by atoms with Crippen molar-refractivity contribution in [1.29, 1.82) is 0 Å². The molecule has 1 N–H and O–H groups in total. The largest absolute Gasteiger partial charge is 0.495 e. The number of methoxy groups -OCH3 is 2. The van der Waals surface area contributed by atoms with E-state index in [-0.39, 0.29) is 11.8 Å². The van der Waals surface area contributed by atoms with Crippen LogP contribution in [0.3, 0.4) is 0 Å². The predicted molar refractivity (Wildman–Crippen MR) is 103 cm³/mol. The number of benzene rings is 1. The normalized spacial score (nSPS) is 10.8. The van der Waals surface area contributed by atoms with Crippen LogP contribution >= 0.6 is 0 Å². The Bertz CT molecular complexity index is 1130. The molecule has 0 fully saturated rings. The lowest BCUT2D eigenvalue weighted by atomic mass is 10.1. The van der Waals surface area contributed by atoms with E-state index in [0.29, 0.717) is 22.8 Å². The molecule has 3 heterocycles. The number of amides is 1. The number of anilines is 1. The third-order valence-corrected chi connectivity index (χ3v) is 4.21. The van der Waals surface area contributed by atoms with Gasteiger partial charge in [0.2, 0.25) is 11.7 Å². The molecule has 0 radical (unpaired) electrons. The van der Waals surface area contributed by atoms with Gasteiger partial charge in [-0.15, -0.1) is 5.10 Å². The van der Waals surface area contributed by atoms with Crippen LogP contribution in [-0.2, 0) is 7.05 Å². The molecular formula is C19H18N6O3. The van der Waals surface area contributed by atoms with E-state index in [0.717, 1.165) is 11.3 Å². The van der Waals surface area contributed by atoms with Crippen LogP contribution in [0.2, 0.25) is 0 Å². The van der Waals surface area contributed by atoms with Crippen LogP contribution in [-0.4, -0.2) is 44.3 Å². The molecule has 142 valence electrons. The zero-order chi connectivity index (χ0) is 19.7. The van der Waals surface area contributed by atoms with Gasteiger partial charge in [-0.05, 0) is 24.3 Å². The first-order chi connectivity index (χ1) is 13.6. The van der Waals surface area contributed by atoms with Crippen LogP contribution in [0.5, 0.6) is 11.6 Å². The number of aryl methyl sites for hydroxylation is 1. The molecule has 0 aliphatic carbocycles. The summed E-state index contributed by atoms with van der Waals surface area (Å²) in [5, 5.41) is 6.97. The second-order valence-corrected chi connectivity index (χ2v) is 6.05. The molecule has 3 aromatic heterocycles. The third-order valence-electron chi connectivity index (χ3n) is 4.21. The Balaban J connectivity index is 1.69. The highest BCUT2D eigenvalue weighted by Gasteiger charge is 2.18. The molecule has 0 unspecified atom stereocenters. The van der Waals surface area contributed by atoms with Crippen LogP contribution in [0.15, 0.2) is 49.1 Å². The Kier molecular flexibility index (Phi) is 4.40. The van der Waals surface area contributed by atoms with Crippen molar-refractivity contribution >= 4 is 17.4 Å². The fourth-order valence-corrected chi connectivity index (χ4v) is 2.90. The SMILES string of the molecule is COc1ccc(-c2cn3cccnc3n2)cc1NC(=O)c1cn(C)nc1OC. The molecule has 4 rings (SSSR count). The number of rotatable bonds is 5. The topological polar surface area (TPSA) is 95.6 Å². The van der Waals surface area contributed by atoms with E-state index in [2.05, 4.69) is 20.4 Å². The van der Waals surface area contributed by atoms with Crippen LogP contribution < -0.4 is 14.8 Å². The van der Waals surface area contributed by atoms with Gasteiger partial charge in [0.15, 0.2) is 0 Å². The molecule has 0 bridgehead atoms. The third kappa shape index (κ3) is 3.13. The minimum atomic E-state index is -0.350. The lowest BCUT2D eigenvalue weighted by molar-refractivity contribution is 0.102. The molecule has 1 aromatic carbocycles. The minimum Gasteiger partial charge on any atom is -0.495 e. The van der Waals surface area contributed by atoms with Crippen molar-refractivity contribution in [3.8, 4) is 22.9 Å². The van der Waals surface area contributed by atoms with Crippen molar-refractivity contribution in [2.45, 2.75) is 0 Å². The van der Waals surface area contributed by atoms with Gasteiger partial charge in [0.25, 0.3) is 5.91 Å². The van der Waals surface area contributed by atoms with Gasteiger partial charge in [0, 0.05) is 37.4 Å². The quantitative estimate of drug-likeness (QED) is 0.573. The fourth-order valence-electron chi connectivity index (χ4n) is 2.90. The molecule has 0 saturated carbocycles. The van der Waals surface area contributed by atoms with Gasteiger partial charge in [-0.2, -0.15) is 0 Å². The van der Waals surface area contributed by atoms with Gasteiger partial charge in [-0.3, -0.25) is 13.9 Å². The summed E-state index contributed by atoms with van der Waals surface area (Å²) in [6.07, 6.45) is 7.03. The number of nitrogens with zero attached hydrogens (tertiary/aromatic N) is 5. The van der Waals surface area contributed by atoms with Gasteiger partial charge in [-0.1, -0.05) is 0 Å². The number of carbonyl (C=O) groups excluding carboxylic acids is 1. The fraction of sp³-hybridized carbons (Fsp3) is 0.158. The highest BCUT2D eigenvalue weighted by atomic mass is 16.5. The van der Waals surface area contributed by atoms with Crippen LogP contribution in [0.25, 0.3) is 17.0 Å². The van der Waals surface area contributed by atoms with E-state index in [1.54, 1.807) is 38.7 Å². The van der Waals surface area contributed by atoms with Crippen molar-refractivity contribution in [2.75, 3.05) is 19.5 Å². The van der Waals surface area contributed by atoms with E-state index in [9.17, 15) is 4.79 Å². The van der Waals surface area contributed by atoms with Gasteiger partial charge < -0.3 is 14.8 Å². The number of imidazole rings is 1. The van der Waals surface area contributed by atoms with Crippen molar-refractivity contribution in [3.05, 3.63) is 54.6 Å². The maximum Gasteiger partial charge on any atom is 0.262 e. The minimum absolute atomic E-state index is 0.251. The van der Waals surface area contributed by atoms with Gasteiger partial charge in [0.1, 0.15) is 11.3 Å². The molecule has 0 saturated heterocycles. The van der Waals surface area contributed by atoms with Crippen molar-refractivity contribution in [3.63, 3.8) is 0 Å². The summed E-state index contributed by atoms with van der Waals surface area (Å²) in [5.74, 6) is 1.03. The zero-order valence-electron chi connectivity index (χ0n) is 15.6. The highest BCUT2D eigenvalue weighted by molar-refractivity contribution is 6.06. The lowest BCUT2D eigenvalue weighted by Gasteiger charge is -2.11. The predicted octanol–water partition coefficient (Wildman–Crippen LogP) is 2.40. The number of hydrogen-bond donors (Lipinski definition) is 1. The summed E-state index contributed by atoms with van der Waals surface area (Å²) in [5.41, 5.74) is 2.39. The molecule has 4 aromatic rings. The van der Waals surface area contributed by atoms with Gasteiger partial charge >= 0.3 is 0 Å².